The van der Waals surface area contributed by atoms with Gasteiger partial charge in [-0.1, -0.05) is 52.8 Å². The summed E-state index contributed by atoms with van der Waals surface area (Å²) in [6, 6.07) is 17.3. The van der Waals surface area contributed by atoms with Crippen LogP contribution < -0.4 is 0 Å². The number of imidazole rings is 1. The molecular weight excluding hydrogens is 388 g/mol. The third-order valence-electron chi connectivity index (χ3n) is 4.23. The zero-order valence-electron chi connectivity index (χ0n) is 15.9. The quantitative estimate of drug-likeness (QED) is 0.348. The van der Waals surface area contributed by atoms with Gasteiger partial charge in [0.1, 0.15) is 0 Å². The summed E-state index contributed by atoms with van der Waals surface area (Å²) in [4.78, 5) is 21.3. The molecule has 8 heteroatoms. The molecule has 0 N–H and O–H groups in total. The Hall–Kier alpha value is -3.39. The van der Waals surface area contributed by atoms with Crippen molar-refractivity contribution in [1.82, 2.24) is 19.7 Å². The maximum atomic E-state index is 12.7. The Bertz CT molecular complexity index is 1120. The standard InChI is InChI=1S/C21H18N4O3S/c1-14-8-10-15(11-9-14)19-23-18(24-28-19)13-27-20(26)17-12-22-21(29-2)25(17)16-6-4-3-5-7-16/h3-12H,13H2,1-2H3. The number of hydrogen-bond donors (Lipinski definition) is 0. The Morgan fingerprint density at radius 1 is 1.14 bits per heavy atom. The van der Waals surface area contributed by atoms with E-state index in [1.165, 1.54) is 18.0 Å². The molecule has 7 nitrogen and oxygen atoms in total. The highest BCUT2D eigenvalue weighted by atomic mass is 32.2. The SMILES string of the molecule is CSc1ncc(C(=O)OCc2noc(-c3ccc(C)cc3)n2)n1-c1ccccc1. The van der Waals surface area contributed by atoms with Gasteiger partial charge in [0.05, 0.1) is 6.20 Å². The van der Waals surface area contributed by atoms with Crippen LogP contribution in [0.4, 0.5) is 0 Å². The molecule has 146 valence electrons. The number of benzene rings is 2. The van der Waals surface area contributed by atoms with E-state index < -0.39 is 5.97 Å². The third kappa shape index (κ3) is 4.07. The number of aromatic nitrogens is 4. The van der Waals surface area contributed by atoms with E-state index in [1.807, 2.05) is 67.8 Å². The molecule has 0 unspecified atom stereocenters. The van der Waals surface area contributed by atoms with Gasteiger partial charge in [-0.25, -0.2) is 9.78 Å². The van der Waals surface area contributed by atoms with Crippen molar-refractivity contribution in [2.45, 2.75) is 18.7 Å². The van der Waals surface area contributed by atoms with Crippen LogP contribution in [-0.4, -0.2) is 31.9 Å². The molecule has 29 heavy (non-hydrogen) atoms. The van der Waals surface area contributed by atoms with Crippen LogP contribution in [0.1, 0.15) is 21.9 Å². The summed E-state index contributed by atoms with van der Waals surface area (Å²) in [6.07, 6.45) is 3.41. The van der Waals surface area contributed by atoms with Crippen molar-refractivity contribution < 1.29 is 14.1 Å². The molecule has 0 atom stereocenters. The summed E-state index contributed by atoms with van der Waals surface area (Å²) in [5, 5.41) is 4.59. The lowest BCUT2D eigenvalue weighted by molar-refractivity contribution is 0.0449. The Morgan fingerprint density at radius 3 is 2.62 bits per heavy atom. The number of hydrogen-bond acceptors (Lipinski definition) is 7. The van der Waals surface area contributed by atoms with Crippen molar-refractivity contribution in [2.75, 3.05) is 6.26 Å². The van der Waals surface area contributed by atoms with Crippen molar-refractivity contribution in [2.24, 2.45) is 0 Å². The van der Waals surface area contributed by atoms with Gasteiger partial charge in [-0.05, 0) is 37.4 Å². The van der Waals surface area contributed by atoms with Gasteiger partial charge in [0.25, 0.3) is 5.89 Å². The van der Waals surface area contributed by atoms with E-state index in [0.717, 1.165) is 16.8 Å². The molecule has 0 fully saturated rings. The van der Waals surface area contributed by atoms with Crippen LogP contribution >= 0.6 is 11.8 Å². The van der Waals surface area contributed by atoms with Crippen LogP contribution in [0, 0.1) is 6.92 Å². The zero-order chi connectivity index (χ0) is 20.2. The fourth-order valence-electron chi connectivity index (χ4n) is 2.78. The van der Waals surface area contributed by atoms with Gasteiger partial charge in [-0.3, -0.25) is 4.57 Å². The van der Waals surface area contributed by atoms with Gasteiger partial charge in [0.15, 0.2) is 17.5 Å². The van der Waals surface area contributed by atoms with E-state index in [-0.39, 0.29) is 6.61 Å². The van der Waals surface area contributed by atoms with Gasteiger partial charge in [-0.2, -0.15) is 4.98 Å². The first-order valence-corrected chi connectivity index (χ1v) is 10.1. The number of aryl methyl sites for hydroxylation is 1. The number of rotatable bonds is 6. The molecule has 0 amide bonds. The second kappa shape index (κ2) is 8.32. The number of carbonyl (C=O) groups excluding carboxylic acids is 1. The highest BCUT2D eigenvalue weighted by Gasteiger charge is 2.20. The second-order valence-electron chi connectivity index (χ2n) is 6.26. The topological polar surface area (TPSA) is 83.0 Å². The normalized spacial score (nSPS) is 10.8. The third-order valence-corrected chi connectivity index (χ3v) is 4.89. The minimum Gasteiger partial charge on any atom is -0.453 e. The summed E-state index contributed by atoms with van der Waals surface area (Å²) < 4.78 is 12.4. The van der Waals surface area contributed by atoms with Crippen LogP contribution in [0.2, 0.25) is 0 Å². The van der Waals surface area contributed by atoms with Gasteiger partial charge in [0.2, 0.25) is 5.82 Å². The highest BCUT2D eigenvalue weighted by Crippen LogP contribution is 2.22. The van der Waals surface area contributed by atoms with Crippen molar-refractivity contribution >= 4 is 17.7 Å². The van der Waals surface area contributed by atoms with E-state index in [2.05, 4.69) is 15.1 Å². The molecule has 2 aromatic heterocycles. The summed E-state index contributed by atoms with van der Waals surface area (Å²) in [7, 11) is 0. The van der Waals surface area contributed by atoms with Crippen molar-refractivity contribution in [1.29, 1.82) is 0 Å². The minimum atomic E-state index is -0.511. The first kappa shape index (κ1) is 18.9. The lowest BCUT2D eigenvalue weighted by atomic mass is 10.1. The van der Waals surface area contributed by atoms with Gasteiger partial charge in [0, 0.05) is 11.3 Å². The molecule has 0 aliphatic heterocycles. The van der Waals surface area contributed by atoms with Crippen molar-refractivity contribution in [3.8, 4) is 17.1 Å². The minimum absolute atomic E-state index is 0.0945. The predicted octanol–water partition coefficient (Wildman–Crippen LogP) is 4.31. The fourth-order valence-corrected chi connectivity index (χ4v) is 3.32. The lowest BCUT2D eigenvalue weighted by Crippen LogP contribution is -2.12. The van der Waals surface area contributed by atoms with E-state index in [9.17, 15) is 4.79 Å². The van der Waals surface area contributed by atoms with Gasteiger partial charge in [-0.15, -0.1) is 0 Å². The Balaban J connectivity index is 1.50. The number of nitrogens with zero attached hydrogens (tertiary/aromatic N) is 4. The number of para-hydroxylation sites is 1. The predicted molar refractivity (Wildman–Crippen MR) is 109 cm³/mol. The van der Waals surface area contributed by atoms with Crippen LogP contribution in [0.25, 0.3) is 17.1 Å². The van der Waals surface area contributed by atoms with Gasteiger partial charge >= 0.3 is 5.97 Å². The molecule has 0 bridgehead atoms. The Kier molecular flexibility index (Phi) is 5.44. The van der Waals surface area contributed by atoms with Crippen LogP contribution in [0.5, 0.6) is 0 Å². The van der Waals surface area contributed by atoms with Gasteiger partial charge < -0.3 is 9.26 Å². The average Bonchev–Trinajstić information content (AvgIpc) is 3.40. The molecule has 0 saturated heterocycles. The zero-order valence-corrected chi connectivity index (χ0v) is 16.7. The first-order chi connectivity index (χ1) is 14.2. The highest BCUT2D eigenvalue weighted by molar-refractivity contribution is 7.98. The Labute approximate surface area is 171 Å². The summed E-state index contributed by atoms with van der Waals surface area (Å²) in [6.45, 7) is 1.91. The van der Waals surface area contributed by atoms with Crippen LogP contribution in [-0.2, 0) is 11.3 Å². The maximum absolute atomic E-state index is 12.7. The lowest BCUT2D eigenvalue weighted by Gasteiger charge is -2.10. The number of carbonyl (C=O) groups is 1. The monoisotopic (exact) mass is 406 g/mol. The molecule has 4 rings (SSSR count). The number of thioether (sulfide) groups is 1. The fraction of sp³-hybridized carbons (Fsp3) is 0.143. The maximum Gasteiger partial charge on any atom is 0.357 e. The number of ether oxygens (including phenoxy) is 1. The van der Waals surface area contributed by atoms with Crippen LogP contribution in [0.15, 0.2) is 70.5 Å². The molecule has 0 radical (unpaired) electrons. The molecular formula is C21H18N4O3S. The first-order valence-electron chi connectivity index (χ1n) is 8.89. The molecule has 0 aliphatic rings. The summed E-state index contributed by atoms with van der Waals surface area (Å²) in [5.74, 6) is 0.170. The number of esters is 1. The molecule has 2 heterocycles. The molecule has 2 aromatic carbocycles. The van der Waals surface area contributed by atoms with E-state index >= 15 is 0 Å². The molecule has 4 aromatic rings. The summed E-state index contributed by atoms with van der Waals surface area (Å²) >= 11 is 1.45. The molecule has 0 saturated carbocycles. The van der Waals surface area contributed by atoms with E-state index in [4.69, 9.17) is 9.26 Å². The average molecular weight is 406 g/mol. The van der Waals surface area contributed by atoms with E-state index in [0.29, 0.717) is 22.6 Å². The summed E-state index contributed by atoms with van der Waals surface area (Å²) in [5.41, 5.74) is 3.12. The van der Waals surface area contributed by atoms with Crippen molar-refractivity contribution in [3.63, 3.8) is 0 Å². The molecule has 0 spiro atoms. The largest absolute Gasteiger partial charge is 0.453 e. The van der Waals surface area contributed by atoms with Crippen LogP contribution in [0.3, 0.4) is 0 Å². The smallest absolute Gasteiger partial charge is 0.357 e. The Morgan fingerprint density at radius 2 is 1.90 bits per heavy atom. The van der Waals surface area contributed by atoms with E-state index in [1.54, 1.807) is 4.57 Å². The van der Waals surface area contributed by atoms with Crippen molar-refractivity contribution in [3.05, 3.63) is 77.9 Å². The molecule has 0 aliphatic carbocycles. The second-order valence-corrected chi connectivity index (χ2v) is 7.03.